The summed E-state index contributed by atoms with van der Waals surface area (Å²) in [6.45, 7) is 1.61. The average Bonchev–Trinajstić information content (AvgIpc) is 2.07. The highest BCUT2D eigenvalue weighted by molar-refractivity contribution is 9.10. The second-order valence-corrected chi connectivity index (χ2v) is 6.02. The maximum absolute atomic E-state index is 11.1. The molecule has 0 amide bonds. The van der Waals surface area contributed by atoms with E-state index in [1.54, 1.807) is 13.0 Å². The van der Waals surface area contributed by atoms with Crippen molar-refractivity contribution < 1.29 is 8.42 Å². The van der Waals surface area contributed by atoms with Gasteiger partial charge in [-0.2, -0.15) is 5.26 Å². The lowest BCUT2D eigenvalue weighted by Gasteiger charge is -2.04. The van der Waals surface area contributed by atoms with Crippen molar-refractivity contribution in [2.75, 3.05) is 0 Å². The summed E-state index contributed by atoms with van der Waals surface area (Å²) in [5.74, 6) is 0. The van der Waals surface area contributed by atoms with Crippen molar-refractivity contribution in [2.45, 2.75) is 11.8 Å². The molecule has 74 valence electrons. The van der Waals surface area contributed by atoms with E-state index in [1.807, 2.05) is 6.07 Å². The standard InChI is InChI=1S/C8H5BrClNO2S/c1-5-7(9)2-6(4-11)3-8(5)14(10,12)13/h2-3H,1H3. The van der Waals surface area contributed by atoms with Crippen LogP contribution < -0.4 is 0 Å². The zero-order chi connectivity index (χ0) is 10.9. The van der Waals surface area contributed by atoms with Gasteiger partial charge in [0, 0.05) is 15.2 Å². The Bertz CT molecular complexity index is 519. The minimum absolute atomic E-state index is 0.0370. The van der Waals surface area contributed by atoms with E-state index in [1.165, 1.54) is 6.07 Å². The summed E-state index contributed by atoms with van der Waals surface area (Å²) in [6.07, 6.45) is 0. The van der Waals surface area contributed by atoms with E-state index in [4.69, 9.17) is 15.9 Å². The molecule has 0 aliphatic heterocycles. The Balaban J connectivity index is 3.61. The summed E-state index contributed by atoms with van der Waals surface area (Å²) in [7, 11) is 1.41. The highest BCUT2D eigenvalue weighted by atomic mass is 79.9. The molecule has 1 aromatic carbocycles. The van der Waals surface area contributed by atoms with Crippen LogP contribution in [-0.2, 0) is 9.05 Å². The number of benzene rings is 1. The fourth-order valence-corrected chi connectivity index (χ4v) is 2.79. The van der Waals surface area contributed by atoms with Gasteiger partial charge < -0.3 is 0 Å². The van der Waals surface area contributed by atoms with Crippen LogP contribution in [-0.4, -0.2) is 8.42 Å². The van der Waals surface area contributed by atoms with E-state index in [2.05, 4.69) is 15.9 Å². The maximum atomic E-state index is 11.1. The third-order valence-corrected chi connectivity index (χ3v) is 3.96. The zero-order valence-corrected chi connectivity index (χ0v) is 10.2. The van der Waals surface area contributed by atoms with Gasteiger partial charge in [-0.15, -0.1) is 0 Å². The third-order valence-electron chi connectivity index (χ3n) is 1.69. The van der Waals surface area contributed by atoms with Crippen LogP contribution in [0.2, 0.25) is 0 Å². The van der Waals surface area contributed by atoms with E-state index >= 15 is 0 Å². The van der Waals surface area contributed by atoms with Crippen molar-refractivity contribution in [3.63, 3.8) is 0 Å². The molecule has 0 N–H and O–H groups in total. The Morgan fingerprint density at radius 2 is 2.07 bits per heavy atom. The van der Waals surface area contributed by atoms with Crippen molar-refractivity contribution in [1.82, 2.24) is 0 Å². The normalized spacial score (nSPS) is 11.0. The Morgan fingerprint density at radius 3 is 2.50 bits per heavy atom. The van der Waals surface area contributed by atoms with Crippen molar-refractivity contribution in [1.29, 1.82) is 5.26 Å². The Hall–Kier alpha value is -0.570. The molecule has 14 heavy (non-hydrogen) atoms. The molecule has 0 atom stereocenters. The molecule has 6 heteroatoms. The van der Waals surface area contributed by atoms with E-state index in [9.17, 15) is 8.42 Å². The first-order valence-electron chi connectivity index (χ1n) is 3.51. The number of nitrogens with zero attached hydrogens (tertiary/aromatic N) is 1. The van der Waals surface area contributed by atoms with Crippen molar-refractivity contribution in [3.8, 4) is 6.07 Å². The first-order valence-corrected chi connectivity index (χ1v) is 6.61. The molecule has 0 saturated heterocycles. The van der Waals surface area contributed by atoms with Gasteiger partial charge in [-0.3, -0.25) is 0 Å². The molecule has 0 saturated carbocycles. The first kappa shape index (κ1) is 11.5. The van der Waals surface area contributed by atoms with Crippen LogP contribution >= 0.6 is 26.6 Å². The monoisotopic (exact) mass is 293 g/mol. The van der Waals surface area contributed by atoms with Crippen LogP contribution in [0.5, 0.6) is 0 Å². The lowest BCUT2D eigenvalue weighted by molar-refractivity contribution is 0.609. The minimum Gasteiger partial charge on any atom is -0.207 e. The molecule has 3 nitrogen and oxygen atoms in total. The first-order chi connectivity index (χ1) is 6.36. The summed E-state index contributed by atoms with van der Waals surface area (Å²) in [5.41, 5.74) is 0.751. The lowest BCUT2D eigenvalue weighted by Crippen LogP contribution is -1.96. The lowest BCUT2D eigenvalue weighted by atomic mass is 10.2. The fraction of sp³-hybridized carbons (Fsp3) is 0.125. The molecule has 0 bridgehead atoms. The third kappa shape index (κ3) is 2.27. The Kier molecular flexibility index (Phi) is 3.20. The largest absolute Gasteiger partial charge is 0.261 e. The average molecular weight is 295 g/mol. The highest BCUT2D eigenvalue weighted by Crippen LogP contribution is 2.27. The molecule has 0 unspecified atom stereocenters. The van der Waals surface area contributed by atoms with Crippen LogP contribution in [0.25, 0.3) is 0 Å². The van der Waals surface area contributed by atoms with E-state index in [0.29, 0.717) is 10.0 Å². The molecule has 0 fully saturated rings. The van der Waals surface area contributed by atoms with Gasteiger partial charge in [0.1, 0.15) is 0 Å². The number of nitriles is 1. The molecule has 0 aliphatic rings. The van der Waals surface area contributed by atoms with E-state index in [-0.39, 0.29) is 10.5 Å². The number of hydrogen-bond acceptors (Lipinski definition) is 3. The van der Waals surface area contributed by atoms with Crippen LogP contribution in [0.3, 0.4) is 0 Å². The predicted octanol–water partition coefficient (Wildman–Crippen LogP) is 2.56. The van der Waals surface area contributed by atoms with Crippen LogP contribution in [0.1, 0.15) is 11.1 Å². The molecule has 0 heterocycles. The minimum atomic E-state index is -3.80. The molecule has 0 spiro atoms. The van der Waals surface area contributed by atoms with E-state index in [0.717, 1.165) is 0 Å². The van der Waals surface area contributed by atoms with Gasteiger partial charge in [-0.1, -0.05) is 15.9 Å². The predicted molar refractivity (Wildman–Crippen MR) is 56.6 cm³/mol. The van der Waals surface area contributed by atoms with Crippen LogP contribution in [0, 0.1) is 18.3 Å². The van der Waals surface area contributed by atoms with Gasteiger partial charge in [0.25, 0.3) is 9.05 Å². The summed E-state index contributed by atoms with van der Waals surface area (Å²) in [4.78, 5) is -0.0370. The summed E-state index contributed by atoms with van der Waals surface area (Å²) >= 11 is 3.16. The molecular formula is C8H5BrClNO2S. The Labute approximate surface area is 94.9 Å². The van der Waals surface area contributed by atoms with Gasteiger partial charge in [0.2, 0.25) is 0 Å². The van der Waals surface area contributed by atoms with Crippen molar-refractivity contribution in [2.24, 2.45) is 0 Å². The van der Waals surface area contributed by atoms with Gasteiger partial charge in [0.05, 0.1) is 16.5 Å². The molecule has 0 aromatic heterocycles. The van der Waals surface area contributed by atoms with Crippen LogP contribution in [0.15, 0.2) is 21.5 Å². The van der Waals surface area contributed by atoms with Gasteiger partial charge in [-0.05, 0) is 24.6 Å². The quantitative estimate of drug-likeness (QED) is 0.748. The maximum Gasteiger partial charge on any atom is 0.261 e. The molecule has 1 rings (SSSR count). The topological polar surface area (TPSA) is 57.9 Å². The zero-order valence-electron chi connectivity index (χ0n) is 7.08. The van der Waals surface area contributed by atoms with Gasteiger partial charge >= 0.3 is 0 Å². The highest BCUT2D eigenvalue weighted by Gasteiger charge is 2.16. The second kappa shape index (κ2) is 3.89. The second-order valence-electron chi connectivity index (χ2n) is 2.63. The number of halogens is 2. The van der Waals surface area contributed by atoms with Gasteiger partial charge in [-0.25, -0.2) is 8.42 Å². The number of hydrogen-bond donors (Lipinski definition) is 0. The van der Waals surface area contributed by atoms with Crippen molar-refractivity contribution in [3.05, 3.63) is 27.7 Å². The summed E-state index contributed by atoms with van der Waals surface area (Å²) < 4.78 is 22.8. The Morgan fingerprint density at radius 1 is 1.50 bits per heavy atom. The molecule has 1 aromatic rings. The molecule has 0 aliphatic carbocycles. The summed E-state index contributed by atoms with van der Waals surface area (Å²) in [5, 5.41) is 8.63. The SMILES string of the molecule is Cc1c(Br)cc(C#N)cc1S(=O)(=O)Cl. The smallest absolute Gasteiger partial charge is 0.207 e. The molecular weight excluding hydrogens is 290 g/mol. The van der Waals surface area contributed by atoms with Crippen LogP contribution in [0.4, 0.5) is 0 Å². The summed E-state index contributed by atoms with van der Waals surface area (Å²) in [6, 6.07) is 4.65. The van der Waals surface area contributed by atoms with Crippen molar-refractivity contribution >= 4 is 35.7 Å². The number of rotatable bonds is 1. The van der Waals surface area contributed by atoms with Gasteiger partial charge in [0.15, 0.2) is 0 Å². The van der Waals surface area contributed by atoms with E-state index < -0.39 is 9.05 Å². The fourth-order valence-electron chi connectivity index (χ4n) is 0.971. The molecule has 0 radical (unpaired) electrons.